The van der Waals surface area contributed by atoms with Gasteiger partial charge in [0, 0.05) is 11.8 Å². The molecule has 1 aromatic carbocycles. The predicted molar refractivity (Wildman–Crippen MR) is 64.4 cm³/mol. The van der Waals surface area contributed by atoms with Gasteiger partial charge >= 0.3 is 0 Å². The number of rotatable bonds is 3. The number of nitrogens with zero attached hydrogens (tertiary/aromatic N) is 1. The molecule has 0 N–H and O–H groups in total. The molecule has 0 bridgehead atoms. The quantitative estimate of drug-likeness (QED) is 0.807. The van der Waals surface area contributed by atoms with Crippen molar-refractivity contribution in [1.82, 2.24) is 4.98 Å². The van der Waals surface area contributed by atoms with Gasteiger partial charge in [0.2, 0.25) is 0 Å². The molecule has 3 heteroatoms. The third-order valence-electron chi connectivity index (χ3n) is 2.47. The van der Waals surface area contributed by atoms with E-state index in [1.165, 1.54) is 12.1 Å². The van der Waals surface area contributed by atoms with Crippen LogP contribution in [0.5, 0.6) is 5.75 Å². The molecule has 0 saturated carbocycles. The molecule has 2 nitrogen and oxygen atoms in total. The first-order valence-corrected chi connectivity index (χ1v) is 5.46. The van der Waals surface area contributed by atoms with E-state index in [1.807, 2.05) is 32.0 Å². The second-order valence-electron chi connectivity index (χ2n) is 3.97. The Morgan fingerprint density at radius 2 is 2.00 bits per heavy atom. The summed E-state index contributed by atoms with van der Waals surface area (Å²) in [5.41, 5.74) is 2.70. The van der Waals surface area contributed by atoms with Gasteiger partial charge in [-0.25, -0.2) is 4.39 Å². The minimum Gasteiger partial charge on any atom is -0.487 e. The zero-order valence-corrected chi connectivity index (χ0v) is 9.90. The Morgan fingerprint density at radius 3 is 2.76 bits per heavy atom. The maximum atomic E-state index is 13.0. The lowest BCUT2D eigenvalue weighted by Gasteiger charge is -2.09. The highest BCUT2D eigenvalue weighted by molar-refractivity contribution is 5.32. The number of hydrogen-bond acceptors (Lipinski definition) is 2. The van der Waals surface area contributed by atoms with Gasteiger partial charge in [-0.2, -0.15) is 0 Å². The molecule has 17 heavy (non-hydrogen) atoms. The fraction of sp³-hybridized carbons (Fsp3) is 0.214. The third-order valence-corrected chi connectivity index (χ3v) is 2.47. The van der Waals surface area contributed by atoms with Crippen LogP contribution < -0.4 is 4.74 Å². The summed E-state index contributed by atoms with van der Waals surface area (Å²) in [6, 6.07) is 10.3. The Kier molecular flexibility index (Phi) is 3.38. The van der Waals surface area contributed by atoms with Crippen molar-refractivity contribution in [2.24, 2.45) is 0 Å². The summed E-state index contributed by atoms with van der Waals surface area (Å²) < 4.78 is 18.6. The normalized spacial score (nSPS) is 10.3. The van der Waals surface area contributed by atoms with E-state index in [2.05, 4.69) is 4.98 Å². The molecule has 0 aliphatic rings. The van der Waals surface area contributed by atoms with Crippen LogP contribution >= 0.6 is 0 Å². The van der Waals surface area contributed by atoms with Gasteiger partial charge in [-0.05, 0) is 37.6 Å². The molecule has 2 aromatic rings. The first kappa shape index (κ1) is 11.6. The molecule has 0 saturated heterocycles. The Bertz CT molecular complexity index is 525. The fourth-order valence-corrected chi connectivity index (χ4v) is 1.56. The van der Waals surface area contributed by atoms with Gasteiger partial charge in [-0.15, -0.1) is 0 Å². The fourth-order valence-electron chi connectivity index (χ4n) is 1.56. The summed E-state index contributed by atoms with van der Waals surface area (Å²) in [5.74, 6) is 0.274. The van der Waals surface area contributed by atoms with Crippen LogP contribution in [-0.2, 0) is 6.61 Å². The SMILES string of the molecule is Cc1cccc(COc2cc(F)ccc2C)n1. The number of aromatic nitrogens is 1. The van der Waals surface area contributed by atoms with Gasteiger partial charge in [0.15, 0.2) is 0 Å². The van der Waals surface area contributed by atoms with Gasteiger partial charge in [0.25, 0.3) is 0 Å². The number of aryl methyl sites for hydroxylation is 2. The van der Waals surface area contributed by atoms with E-state index in [-0.39, 0.29) is 5.82 Å². The predicted octanol–water partition coefficient (Wildman–Crippen LogP) is 3.42. The molecule has 2 rings (SSSR count). The lowest BCUT2D eigenvalue weighted by atomic mass is 10.2. The Morgan fingerprint density at radius 1 is 1.18 bits per heavy atom. The molecule has 88 valence electrons. The van der Waals surface area contributed by atoms with Crippen LogP contribution in [0.3, 0.4) is 0 Å². The van der Waals surface area contributed by atoms with Crippen LogP contribution in [0.25, 0.3) is 0 Å². The van der Waals surface area contributed by atoms with Gasteiger partial charge in [0.05, 0.1) is 5.69 Å². The summed E-state index contributed by atoms with van der Waals surface area (Å²) in [6.45, 7) is 4.17. The topological polar surface area (TPSA) is 22.1 Å². The monoisotopic (exact) mass is 231 g/mol. The summed E-state index contributed by atoms with van der Waals surface area (Å²) in [5, 5.41) is 0. The Labute approximate surface area is 100 Å². The average Bonchev–Trinajstić information content (AvgIpc) is 2.30. The Balaban J connectivity index is 2.09. The molecule has 1 aromatic heterocycles. The van der Waals surface area contributed by atoms with E-state index in [4.69, 9.17) is 4.74 Å². The van der Waals surface area contributed by atoms with Crippen LogP contribution in [-0.4, -0.2) is 4.98 Å². The van der Waals surface area contributed by atoms with E-state index in [0.717, 1.165) is 17.0 Å². The zero-order valence-electron chi connectivity index (χ0n) is 9.90. The number of halogens is 1. The highest BCUT2D eigenvalue weighted by Crippen LogP contribution is 2.19. The van der Waals surface area contributed by atoms with E-state index in [9.17, 15) is 4.39 Å². The van der Waals surface area contributed by atoms with E-state index in [1.54, 1.807) is 6.07 Å². The van der Waals surface area contributed by atoms with Crippen LogP contribution in [0.2, 0.25) is 0 Å². The van der Waals surface area contributed by atoms with Crippen molar-refractivity contribution < 1.29 is 9.13 Å². The lowest BCUT2D eigenvalue weighted by Crippen LogP contribution is -2.00. The smallest absolute Gasteiger partial charge is 0.130 e. The zero-order chi connectivity index (χ0) is 12.3. The molecule has 1 heterocycles. The molecule has 0 aliphatic heterocycles. The van der Waals surface area contributed by atoms with Crippen molar-refractivity contribution in [3.63, 3.8) is 0 Å². The molecule has 0 spiro atoms. The number of benzene rings is 1. The summed E-state index contributed by atoms with van der Waals surface area (Å²) in [7, 11) is 0. The Hall–Kier alpha value is -1.90. The van der Waals surface area contributed by atoms with Crippen LogP contribution in [0, 0.1) is 19.7 Å². The lowest BCUT2D eigenvalue weighted by molar-refractivity contribution is 0.297. The van der Waals surface area contributed by atoms with Crippen molar-refractivity contribution in [3.05, 3.63) is 59.2 Å². The largest absolute Gasteiger partial charge is 0.487 e. The summed E-state index contributed by atoms with van der Waals surface area (Å²) >= 11 is 0. The highest BCUT2D eigenvalue weighted by Gasteiger charge is 2.02. The standard InChI is InChI=1S/C14H14FNO/c1-10-6-7-12(15)8-14(10)17-9-13-5-3-4-11(2)16-13/h3-8H,9H2,1-2H3. The first-order valence-electron chi connectivity index (χ1n) is 5.46. The van der Waals surface area contributed by atoms with Crippen molar-refractivity contribution in [1.29, 1.82) is 0 Å². The van der Waals surface area contributed by atoms with Crippen molar-refractivity contribution in [3.8, 4) is 5.75 Å². The molecule has 0 amide bonds. The maximum Gasteiger partial charge on any atom is 0.130 e. The maximum absolute atomic E-state index is 13.0. The van der Waals surface area contributed by atoms with Crippen LogP contribution in [0.15, 0.2) is 36.4 Å². The van der Waals surface area contributed by atoms with Crippen LogP contribution in [0.4, 0.5) is 4.39 Å². The summed E-state index contributed by atoms with van der Waals surface area (Å²) in [6.07, 6.45) is 0. The highest BCUT2D eigenvalue weighted by atomic mass is 19.1. The molecule has 0 aliphatic carbocycles. The first-order chi connectivity index (χ1) is 8.15. The van der Waals surface area contributed by atoms with E-state index >= 15 is 0 Å². The minimum absolute atomic E-state index is 0.289. The third kappa shape index (κ3) is 3.03. The van der Waals surface area contributed by atoms with E-state index < -0.39 is 0 Å². The summed E-state index contributed by atoms with van der Waals surface area (Å²) in [4.78, 5) is 4.32. The molecule has 0 radical (unpaired) electrons. The second kappa shape index (κ2) is 4.95. The number of hydrogen-bond donors (Lipinski definition) is 0. The van der Waals surface area contributed by atoms with Gasteiger partial charge in [-0.1, -0.05) is 12.1 Å². The number of ether oxygens (including phenoxy) is 1. The molecular weight excluding hydrogens is 217 g/mol. The number of pyridine rings is 1. The van der Waals surface area contributed by atoms with Crippen molar-refractivity contribution >= 4 is 0 Å². The molecule has 0 unspecified atom stereocenters. The van der Waals surface area contributed by atoms with Crippen LogP contribution in [0.1, 0.15) is 17.0 Å². The van der Waals surface area contributed by atoms with Gasteiger partial charge in [0.1, 0.15) is 18.2 Å². The molecule has 0 atom stereocenters. The minimum atomic E-state index is -0.289. The molecule has 0 fully saturated rings. The van der Waals surface area contributed by atoms with Crippen molar-refractivity contribution in [2.75, 3.05) is 0 Å². The van der Waals surface area contributed by atoms with Crippen molar-refractivity contribution in [2.45, 2.75) is 20.5 Å². The van der Waals surface area contributed by atoms with Gasteiger partial charge < -0.3 is 4.74 Å². The second-order valence-corrected chi connectivity index (χ2v) is 3.97. The van der Waals surface area contributed by atoms with Gasteiger partial charge in [-0.3, -0.25) is 4.98 Å². The van der Waals surface area contributed by atoms with E-state index in [0.29, 0.717) is 12.4 Å². The molecular formula is C14H14FNO. The average molecular weight is 231 g/mol.